The molecule has 2 heterocycles. The van der Waals surface area contributed by atoms with Crippen LogP contribution < -0.4 is 5.73 Å². The molecule has 0 aliphatic heterocycles. The molecule has 0 fully saturated rings. The molecule has 31 heavy (non-hydrogen) atoms. The normalized spacial score (nSPS) is 12.6. The molecule has 0 radical (unpaired) electrons. The van der Waals surface area contributed by atoms with Crippen LogP contribution in [-0.2, 0) is 16.4 Å². The molecule has 0 atom stereocenters. The summed E-state index contributed by atoms with van der Waals surface area (Å²) in [5.41, 5.74) is 7.18. The predicted molar refractivity (Wildman–Crippen MR) is 114 cm³/mol. The molecule has 11 heteroatoms. The molecule has 164 valence electrons. The number of hydrogen-bond acceptors (Lipinski definition) is 5. The molecular weight excluding hydrogens is 453 g/mol. The Labute approximate surface area is 182 Å². The maximum absolute atomic E-state index is 13.0. The topological polar surface area (TPSA) is 90.9 Å². The van der Waals surface area contributed by atoms with Crippen molar-refractivity contribution in [2.75, 3.05) is 12.0 Å². The highest BCUT2D eigenvalue weighted by Crippen LogP contribution is 2.37. The molecule has 2 N–H and O–H groups in total. The minimum Gasteiger partial charge on any atom is -0.382 e. The molecule has 0 aliphatic carbocycles. The lowest BCUT2D eigenvalue weighted by Crippen LogP contribution is -2.28. The largest absolute Gasteiger partial charge is 0.408 e. The summed E-state index contributed by atoms with van der Waals surface area (Å²) in [6.45, 7) is 1.65. The first-order valence-electron chi connectivity index (χ1n) is 8.90. The van der Waals surface area contributed by atoms with E-state index in [0.717, 1.165) is 10.9 Å². The lowest BCUT2D eigenvalue weighted by molar-refractivity contribution is -0.141. The summed E-state index contributed by atoms with van der Waals surface area (Å²) in [5.74, 6) is 5.28. The first-order chi connectivity index (χ1) is 14.2. The number of alkyl halides is 3. The van der Waals surface area contributed by atoms with E-state index in [1.807, 2.05) is 0 Å². The lowest BCUT2D eigenvalue weighted by Gasteiger charge is -2.14. The van der Waals surface area contributed by atoms with E-state index in [2.05, 4.69) is 21.9 Å². The molecule has 2 aromatic heterocycles. The first kappa shape index (κ1) is 22.9. The number of sulfone groups is 1. The summed E-state index contributed by atoms with van der Waals surface area (Å²) in [6, 6.07) is 6.26. The minimum absolute atomic E-state index is 0.107. The van der Waals surface area contributed by atoms with Gasteiger partial charge < -0.3 is 5.73 Å². The summed E-state index contributed by atoms with van der Waals surface area (Å²) in [4.78, 5) is 4.20. The number of benzene rings is 1. The van der Waals surface area contributed by atoms with Gasteiger partial charge in [0.1, 0.15) is 17.0 Å². The van der Waals surface area contributed by atoms with Crippen molar-refractivity contribution in [3.05, 3.63) is 41.2 Å². The predicted octanol–water partition coefficient (Wildman–Crippen LogP) is 4.07. The van der Waals surface area contributed by atoms with Gasteiger partial charge in [-0.25, -0.2) is 13.4 Å². The standard InChI is InChI=1S/C20H18ClF3N4O2S/c1-19(2,31(3,29)30)9-8-13-5-4-12(10-26-13)14-6-7-15(21)16-17(14)28(27-18(16)25)11-20(22,23)24/h4-7,10H,11H2,1-3H3,(H2,25,27). The molecule has 1 aromatic carbocycles. The fraction of sp³-hybridized carbons (Fsp3) is 0.300. The van der Waals surface area contributed by atoms with Crippen LogP contribution in [0.1, 0.15) is 19.5 Å². The van der Waals surface area contributed by atoms with Gasteiger partial charge in [-0.15, -0.1) is 0 Å². The molecule has 0 amide bonds. The zero-order chi connectivity index (χ0) is 23.2. The minimum atomic E-state index is -4.50. The number of halogens is 4. The van der Waals surface area contributed by atoms with Crippen molar-refractivity contribution in [1.29, 1.82) is 0 Å². The third-order valence-corrected chi connectivity index (χ3v) is 6.96. The van der Waals surface area contributed by atoms with Crippen LogP contribution in [0.2, 0.25) is 5.02 Å². The van der Waals surface area contributed by atoms with Crippen molar-refractivity contribution in [3.8, 4) is 23.0 Å². The molecule has 0 saturated heterocycles. The van der Waals surface area contributed by atoms with Gasteiger partial charge in [0.05, 0.1) is 15.9 Å². The third kappa shape index (κ3) is 4.78. The van der Waals surface area contributed by atoms with Crippen LogP contribution in [0.25, 0.3) is 22.0 Å². The number of anilines is 1. The third-order valence-electron chi connectivity index (χ3n) is 4.69. The zero-order valence-corrected chi connectivity index (χ0v) is 18.3. The van der Waals surface area contributed by atoms with Crippen LogP contribution in [0, 0.1) is 11.8 Å². The van der Waals surface area contributed by atoms with Crippen LogP contribution in [0.3, 0.4) is 0 Å². The number of rotatable bonds is 3. The number of nitrogen functional groups attached to an aromatic ring is 1. The molecule has 3 aromatic rings. The van der Waals surface area contributed by atoms with Crippen molar-refractivity contribution in [3.63, 3.8) is 0 Å². The number of fused-ring (bicyclic) bond motifs is 1. The molecule has 0 saturated carbocycles. The number of pyridine rings is 1. The highest BCUT2D eigenvalue weighted by Gasteiger charge is 2.31. The van der Waals surface area contributed by atoms with Crippen LogP contribution in [0.5, 0.6) is 0 Å². The Balaban J connectivity index is 2.08. The monoisotopic (exact) mass is 470 g/mol. The van der Waals surface area contributed by atoms with E-state index in [0.29, 0.717) is 16.8 Å². The molecule has 0 aliphatic rings. The maximum atomic E-state index is 13.0. The number of nitrogens with zero attached hydrogens (tertiary/aromatic N) is 3. The van der Waals surface area contributed by atoms with E-state index < -0.39 is 27.3 Å². The molecule has 6 nitrogen and oxygen atoms in total. The van der Waals surface area contributed by atoms with Crippen molar-refractivity contribution in [2.24, 2.45) is 0 Å². The average molecular weight is 471 g/mol. The Morgan fingerprint density at radius 1 is 1.19 bits per heavy atom. The quantitative estimate of drug-likeness (QED) is 0.583. The van der Waals surface area contributed by atoms with Gasteiger partial charge in [-0.2, -0.15) is 18.3 Å². The van der Waals surface area contributed by atoms with Crippen molar-refractivity contribution in [1.82, 2.24) is 14.8 Å². The second-order valence-electron chi connectivity index (χ2n) is 7.44. The number of nitrogens with two attached hydrogens (primary N) is 1. The van der Waals surface area contributed by atoms with Gasteiger partial charge in [0.15, 0.2) is 15.7 Å². The molecule has 0 spiro atoms. The Bertz CT molecular complexity index is 1320. The first-order valence-corrected chi connectivity index (χ1v) is 11.2. The smallest absolute Gasteiger partial charge is 0.382 e. The van der Waals surface area contributed by atoms with Crippen LogP contribution >= 0.6 is 11.6 Å². The SMILES string of the molecule is CC(C)(C#Cc1ccc(-c2ccc(Cl)c3c(N)nn(CC(F)(F)F)c23)cn1)S(C)(=O)=O. The second-order valence-corrected chi connectivity index (χ2v) is 10.4. The fourth-order valence-electron chi connectivity index (χ4n) is 2.76. The zero-order valence-electron chi connectivity index (χ0n) is 16.7. The highest BCUT2D eigenvalue weighted by molar-refractivity contribution is 7.92. The highest BCUT2D eigenvalue weighted by atomic mass is 35.5. The number of hydrogen-bond donors (Lipinski definition) is 1. The van der Waals surface area contributed by atoms with E-state index in [1.54, 1.807) is 18.2 Å². The molecular formula is C20H18ClF3N4O2S. The second kappa shape index (κ2) is 7.73. The summed E-state index contributed by atoms with van der Waals surface area (Å²) < 4.78 is 62.1. The van der Waals surface area contributed by atoms with Gasteiger partial charge in [-0.3, -0.25) is 4.68 Å². The van der Waals surface area contributed by atoms with Crippen molar-refractivity contribution < 1.29 is 21.6 Å². The Morgan fingerprint density at radius 3 is 2.42 bits per heavy atom. The molecule has 3 rings (SSSR count). The Kier molecular flexibility index (Phi) is 5.71. The summed E-state index contributed by atoms with van der Waals surface area (Å²) >= 11 is 6.15. The van der Waals surface area contributed by atoms with E-state index in [1.165, 1.54) is 26.1 Å². The van der Waals surface area contributed by atoms with Crippen molar-refractivity contribution >= 4 is 38.2 Å². The van der Waals surface area contributed by atoms with Gasteiger partial charge >= 0.3 is 6.18 Å². The van der Waals surface area contributed by atoms with Crippen LogP contribution in [-0.4, -0.2) is 40.4 Å². The van der Waals surface area contributed by atoms with Crippen LogP contribution in [0.4, 0.5) is 19.0 Å². The Morgan fingerprint density at radius 2 is 1.87 bits per heavy atom. The lowest BCUT2D eigenvalue weighted by atomic mass is 10.0. The van der Waals surface area contributed by atoms with Gasteiger partial charge in [-0.05, 0) is 38.0 Å². The summed E-state index contributed by atoms with van der Waals surface area (Å²) in [7, 11) is -3.40. The van der Waals surface area contributed by atoms with E-state index in [4.69, 9.17) is 17.3 Å². The average Bonchev–Trinajstić information content (AvgIpc) is 2.95. The van der Waals surface area contributed by atoms with Gasteiger partial charge in [0, 0.05) is 23.6 Å². The summed E-state index contributed by atoms with van der Waals surface area (Å²) in [5, 5.41) is 4.22. The maximum Gasteiger partial charge on any atom is 0.408 e. The van der Waals surface area contributed by atoms with Crippen LogP contribution in [0.15, 0.2) is 30.5 Å². The van der Waals surface area contributed by atoms with Gasteiger partial charge in [0.2, 0.25) is 0 Å². The molecule has 0 bridgehead atoms. The van der Waals surface area contributed by atoms with E-state index in [9.17, 15) is 21.6 Å². The van der Waals surface area contributed by atoms with E-state index in [-0.39, 0.29) is 21.7 Å². The van der Waals surface area contributed by atoms with Crippen molar-refractivity contribution in [2.45, 2.75) is 31.3 Å². The van der Waals surface area contributed by atoms with Gasteiger partial charge in [0.25, 0.3) is 0 Å². The molecule has 0 unspecified atom stereocenters. The summed E-state index contributed by atoms with van der Waals surface area (Å²) in [6.07, 6.45) is -1.98. The Hall–Kier alpha value is -2.77. The number of aromatic nitrogens is 3. The van der Waals surface area contributed by atoms with E-state index >= 15 is 0 Å². The fourth-order valence-corrected chi connectivity index (χ4v) is 3.25. The van der Waals surface area contributed by atoms with Gasteiger partial charge in [-0.1, -0.05) is 23.6 Å².